The molecule has 0 amide bonds. The molecule has 0 fully saturated rings. The summed E-state index contributed by atoms with van der Waals surface area (Å²) in [6.45, 7) is 0. The molecule has 0 unspecified atom stereocenters. The van der Waals surface area contributed by atoms with Crippen LogP contribution in [-0.2, 0) is 5.75 Å². The zero-order valence-electron chi connectivity index (χ0n) is 8.23. The van der Waals surface area contributed by atoms with E-state index in [2.05, 4.69) is 9.97 Å². The maximum atomic E-state index is 12.9. The predicted octanol–water partition coefficient (Wildman–Crippen LogP) is 3.56. The molecule has 0 radical (unpaired) electrons. The Morgan fingerprint density at radius 2 is 2.12 bits per heavy atom. The number of aromatic nitrogens is 2. The molecular formula is C11H8ClFN2S. The summed E-state index contributed by atoms with van der Waals surface area (Å²) in [7, 11) is 0. The molecule has 2 rings (SSSR count). The van der Waals surface area contributed by atoms with Crippen LogP contribution in [0.2, 0.25) is 5.15 Å². The van der Waals surface area contributed by atoms with Gasteiger partial charge in [-0.05, 0) is 18.2 Å². The van der Waals surface area contributed by atoms with Crippen LogP contribution in [0.4, 0.5) is 4.39 Å². The summed E-state index contributed by atoms with van der Waals surface area (Å²) in [4.78, 5) is 8.90. The summed E-state index contributed by atoms with van der Waals surface area (Å²) in [5.41, 5.74) is 0.818. The minimum atomic E-state index is -0.229. The molecule has 2 nitrogen and oxygen atoms in total. The molecule has 0 saturated carbocycles. The lowest BCUT2D eigenvalue weighted by Gasteiger charge is -2.01. The summed E-state index contributed by atoms with van der Waals surface area (Å²) in [6.07, 6.45) is 3.12. The Kier molecular flexibility index (Phi) is 3.74. The van der Waals surface area contributed by atoms with Gasteiger partial charge in [-0.3, -0.25) is 4.98 Å². The lowest BCUT2D eigenvalue weighted by Crippen LogP contribution is -1.88. The Bertz CT molecular complexity index is 476. The second-order valence-corrected chi connectivity index (χ2v) is 4.51. The average molecular weight is 255 g/mol. The fraction of sp³-hybridized carbons (Fsp3) is 0.0909. The first-order valence-corrected chi connectivity index (χ1v) is 5.95. The molecule has 0 aliphatic heterocycles. The van der Waals surface area contributed by atoms with Crippen LogP contribution in [0.3, 0.4) is 0 Å². The van der Waals surface area contributed by atoms with E-state index in [1.165, 1.54) is 30.1 Å². The van der Waals surface area contributed by atoms with E-state index in [1.807, 2.05) is 6.07 Å². The molecule has 0 aliphatic rings. The number of nitrogens with zero attached hydrogens (tertiary/aromatic N) is 2. The summed E-state index contributed by atoms with van der Waals surface area (Å²) in [6, 6.07) is 6.46. The van der Waals surface area contributed by atoms with Crippen LogP contribution in [-0.4, -0.2) is 9.97 Å². The SMILES string of the molecule is Fc1cccc(SCc2cnc(Cl)cn2)c1. The Balaban J connectivity index is 1.99. The van der Waals surface area contributed by atoms with E-state index in [0.29, 0.717) is 10.9 Å². The van der Waals surface area contributed by atoms with Gasteiger partial charge >= 0.3 is 0 Å². The van der Waals surface area contributed by atoms with Crippen LogP contribution < -0.4 is 0 Å². The third-order valence-corrected chi connectivity index (χ3v) is 3.08. The van der Waals surface area contributed by atoms with Crippen LogP contribution in [0.25, 0.3) is 0 Å². The zero-order valence-corrected chi connectivity index (χ0v) is 9.80. The van der Waals surface area contributed by atoms with Crippen molar-refractivity contribution in [3.63, 3.8) is 0 Å². The number of hydrogen-bond donors (Lipinski definition) is 0. The number of halogens is 2. The summed E-state index contributed by atoms with van der Waals surface area (Å²) in [5, 5.41) is 0.375. The van der Waals surface area contributed by atoms with Crippen LogP contribution in [0.5, 0.6) is 0 Å². The normalized spacial score (nSPS) is 10.4. The third-order valence-electron chi connectivity index (χ3n) is 1.86. The van der Waals surface area contributed by atoms with Gasteiger partial charge in [0.15, 0.2) is 0 Å². The highest BCUT2D eigenvalue weighted by Gasteiger charge is 1.99. The summed E-state index contributed by atoms with van der Waals surface area (Å²) < 4.78 is 12.9. The molecule has 0 bridgehead atoms. The van der Waals surface area contributed by atoms with E-state index >= 15 is 0 Å². The molecular weight excluding hydrogens is 247 g/mol. The maximum Gasteiger partial charge on any atom is 0.147 e. The van der Waals surface area contributed by atoms with Crippen molar-refractivity contribution in [2.75, 3.05) is 0 Å². The number of hydrogen-bond acceptors (Lipinski definition) is 3. The molecule has 1 aromatic carbocycles. The van der Waals surface area contributed by atoms with Crippen LogP contribution in [0.15, 0.2) is 41.6 Å². The standard InChI is InChI=1S/C11H8ClFN2S/c12-11-6-14-9(5-15-11)7-16-10-3-1-2-8(13)4-10/h1-6H,7H2. The maximum absolute atomic E-state index is 12.9. The molecule has 0 spiro atoms. The molecule has 1 heterocycles. The molecule has 82 valence electrons. The van der Waals surface area contributed by atoms with Crippen molar-refractivity contribution in [1.29, 1.82) is 0 Å². The van der Waals surface area contributed by atoms with E-state index in [4.69, 9.17) is 11.6 Å². The van der Waals surface area contributed by atoms with Crippen molar-refractivity contribution in [2.45, 2.75) is 10.6 Å². The Morgan fingerprint density at radius 3 is 2.81 bits per heavy atom. The highest BCUT2D eigenvalue weighted by atomic mass is 35.5. The monoisotopic (exact) mass is 254 g/mol. The molecule has 2 aromatic rings. The van der Waals surface area contributed by atoms with Gasteiger partial charge in [0.2, 0.25) is 0 Å². The van der Waals surface area contributed by atoms with Crippen molar-refractivity contribution in [2.24, 2.45) is 0 Å². The van der Waals surface area contributed by atoms with Crippen molar-refractivity contribution < 1.29 is 4.39 Å². The first-order valence-electron chi connectivity index (χ1n) is 4.59. The number of benzene rings is 1. The highest BCUT2D eigenvalue weighted by Crippen LogP contribution is 2.22. The first kappa shape index (κ1) is 11.4. The van der Waals surface area contributed by atoms with Gasteiger partial charge in [0, 0.05) is 10.6 Å². The van der Waals surface area contributed by atoms with Gasteiger partial charge in [-0.1, -0.05) is 17.7 Å². The van der Waals surface area contributed by atoms with Crippen LogP contribution in [0.1, 0.15) is 5.69 Å². The van der Waals surface area contributed by atoms with Gasteiger partial charge in [0.05, 0.1) is 18.1 Å². The first-order chi connectivity index (χ1) is 7.74. The van der Waals surface area contributed by atoms with Gasteiger partial charge in [-0.25, -0.2) is 9.37 Å². The molecule has 0 aliphatic carbocycles. The Hall–Kier alpha value is -1.13. The lowest BCUT2D eigenvalue weighted by atomic mass is 10.4. The van der Waals surface area contributed by atoms with E-state index < -0.39 is 0 Å². The van der Waals surface area contributed by atoms with E-state index in [9.17, 15) is 4.39 Å². The Morgan fingerprint density at radius 1 is 1.25 bits per heavy atom. The molecule has 0 atom stereocenters. The second-order valence-electron chi connectivity index (χ2n) is 3.08. The van der Waals surface area contributed by atoms with E-state index in [-0.39, 0.29) is 5.82 Å². The second kappa shape index (κ2) is 5.27. The van der Waals surface area contributed by atoms with Gasteiger partial charge in [-0.2, -0.15) is 0 Å². The predicted molar refractivity (Wildman–Crippen MR) is 63.0 cm³/mol. The molecule has 16 heavy (non-hydrogen) atoms. The van der Waals surface area contributed by atoms with Gasteiger partial charge < -0.3 is 0 Å². The van der Waals surface area contributed by atoms with Crippen molar-refractivity contribution >= 4 is 23.4 Å². The largest absolute Gasteiger partial charge is 0.256 e. The molecule has 1 aromatic heterocycles. The zero-order chi connectivity index (χ0) is 11.4. The topological polar surface area (TPSA) is 25.8 Å². The number of rotatable bonds is 3. The van der Waals surface area contributed by atoms with Crippen molar-refractivity contribution in [1.82, 2.24) is 9.97 Å². The molecule has 5 heteroatoms. The lowest BCUT2D eigenvalue weighted by molar-refractivity contribution is 0.624. The van der Waals surface area contributed by atoms with Gasteiger partial charge in [-0.15, -0.1) is 11.8 Å². The van der Waals surface area contributed by atoms with Gasteiger partial charge in [0.1, 0.15) is 11.0 Å². The van der Waals surface area contributed by atoms with E-state index in [1.54, 1.807) is 12.3 Å². The minimum absolute atomic E-state index is 0.229. The van der Waals surface area contributed by atoms with E-state index in [0.717, 1.165) is 10.6 Å². The van der Waals surface area contributed by atoms with Gasteiger partial charge in [0.25, 0.3) is 0 Å². The average Bonchev–Trinajstić information content (AvgIpc) is 2.28. The smallest absolute Gasteiger partial charge is 0.147 e. The Labute approximate surface area is 102 Å². The quantitative estimate of drug-likeness (QED) is 0.784. The number of thioether (sulfide) groups is 1. The molecule has 0 saturated heterocycles. The van der Waals surface area contributed by atoms with Crippen LogP contribution >= 0.6 is 23.4 Å². The fourth-order valence-corrected chi connectivity index (χ4v) is 2.06. The highest BCUT2D eigenvalue weighted by molar-refractivity contribution is 7.98. The fourth-order valence-electron chi connectivity index (χ4n) is 1.13. The van der Waals surface area contributed by atoms with Crippen LogP contribution in [0, 0.1) is 5.82 Å². The molecule has 0 N–H and O–H groups in total. The summed E-state index contributed by atoms with van der Waals surface area (Å²) in [5.74, 6) is 0.417. The van der Waals surface area contributed by atoms with Crippen molar-refractivity contribution in [3.8, 4) is 0 Å². The summed E-state index contributed by atoms with van der Waals surface area (Å²) >= 11 is 7.13. The minimum Gasteiger partial charge on any atom is -0.256 e. The van der Waals surface area contributed by atoms with Crippen molar-refractivity contribution in [3.05, 3.63) is 53.3 Å². The third kappa shape index (κ3) is 3.18.